The number of nitrogens with two attached hydrogens (primary N) is 1. The molecule has 82 heavy (non-hydrogen) atoms. The van der Waals surface area contributed by atoms with E-state index < -0.39 is 29.6 Å². The van der Waals surface area contributed by atoms with Crippen LogP contribution in [-0.2, 0) is 59.9 Å². The van der Waals surface area contributed by atoms with Crippen LogP contribution in [0.4, 0.5) is 10.5 Å². The number of hydrogen-bond acceptors (Lipinski definition) is 18. The minimum Gasteiger partial charge on any atom is -0.445 e. The Morgan fingerprint density at radius 2 is 1.70 bits per heavy atom. The monoisotopic (exact) mass is 1140 g/mol. The number of imide groups is 1. The molecule has 9 rings (SSSR count). The first-order valence-corrected chi connectivity index (χ1v) is 29.1. The number of nitrogens with one attached hydrogen (secondary N) is 5. The van der Waals surface area contributed by atoms with E-state index in [9.17, 15) is 33.9 Å². The predicted octanol–water partition coefficient (Wildman–Crippen LogP) is 4.59. The first kappa shape index (κ1) is 63.1. The van der Waals surface area contributed by atoms with Crippen LogP contribution in [0.5, 0.6) is 0 Å². The van der Waals surface area contributed by atoms with E-state index >= 15 is 0 Å². The van der Waals surface area contributed by atoms with Crippen molar-refractivity contribution in [2.45, 2.75) is 186 Å². The molecule has 0 bridgehead atoms. The molecule has 0 spiro atoms. The third-order valence-corrected chi connectivity index (χ3v) is 15.1. The van der Waals surface area contributed by atoms with Crippen LogP contribution in [0.25, 0.3) is 0 Å². The van der Waals surface area contributed by atoms with Crippen LogP contribution in [-0.4, -0.2) is 162 Å². The lowest BCUT2D eigenvalue weighted by Crippen LogP contribution is -2.45. The fourth-order valence-electron chi connectivity index (χ4n) is 10.3. The number of ether oxygens (including phenoxy) is 5. The number of fused-ring (bicyclic) bond motifs is 1. The number of hydrogen-bond donors (Lipinski definition) is 7. The van der Waals surface area contributed by atoms with E-state index in [0.717, 1.165) is 84.6 Å². The molecule has 3 fully saturated rings. The van der Waals surface area contributed by atoms with E-state index in [1.54, 1.807) is 36.9 Å². The zero-order chi connectivity index (χ0) is 58.8. The normalized spacial score (nSPS) is 25.3. The number of aromatic nitrogens is 2. The summed E-state index contributed by atoms with van der Waals surface area (Å²) in [5.74, 6) is -1.67. The van der Waals surface area contributed by atoms with Gasteiger partial charge in [0.2, 0.25) is 17.7 Å². The number of carbonyl (C=O) groups is 6. The summed E-state index contributed by atoms with van der Waals surface area (Å²) in [6.45, 7) is 14.6. The van der Waals surface area contributed by atoms with Gasteiger partial charge in [-0.2, -0.15) is 0 Å². The zero-order valence-corrected chi connectivity index (χ0v) is 48.4. The summed E-state index contributed by atoms with van der Waals surface area (Å²) in [6, 6.07) is 5.65. The average Bonchev–Trinajstić information content (AvgIpc) is 1.82. The zero-order valence-electron chi connectivity index (χ0n) is 48.4. The molecule has 6 heterocycles. The molecule has 1 aromatic carbocycles. The Morgan fingerprint density at radius 3 is 2.40 bits per heavy atom. The molecule has 8 unspecified atom stereocenters. The van der Waals surface area contributed by atoms with Crippen molar-refractivity contribution in [3.8, 4) is 0 Å². The second-order valence-electron chi connectivity index (χ2n) is 21.9. The van der Waals surface area contributed by atoms with E-state index in [4.69, 9.17) is 29.4 Å². The Hall–Kier alpha value is -6.47. The van der Waals surface area contributed by atoms with Crippen molar-refractivity contribution in [1.82, 2.24) is 41.0 Å². The maximum Gasteiger partial charge on any atom is 0.410 e. The lowest BCUT2D eigenvalue weighted by Gasteiger charge is -2.22. The van der Waals surface area contributed by atoms with Gasteiger partial charge in [-0.1, -0.05) is 57.9 Å². The maximum atomic E-state index is 12.5. The van der Waals surface area contributed by atoms with E-state index in [1.165, 1.54) is 36.0 Å². The van der Waals surface area contributed by atoms with Gasteiger partial charge in [0.05, 0.1) is 74.1 Å². The molecule has 0 radical (unpaired) electrons. The summed E-state index contributed by atoms with van der Waals surface area (Å²) in [5, 5.41) is 23.8. The molecule has 7 aliphatic rings. The van der Waals surface area contributed by atoms with Crippen molar-refractivity contribution in [2.24, 2.45) is 10.7 Å². The van der Waals surface area contributed by atoms with Gasteiger partial charge in [-0.05, 0) is 96.3 Å². The largest absolute Gasteiger partial charge is 0.445 e. The third kappa shape index (κ3) is 17.8. The molecular weight excluding hydrogens is 1050 g/mol. The number of benzene rings is 1. The Balaban J connectivity index is 0.000000226. The second-order valence-corrected chi connectivity index (χ2v) is 21.9. The van der Waals surface area contributed by atoms with Gasteiger partial charge in [-0.15, -0.1) is 0 Å². The number of unbranched alkanes of at least 4 members (excludes halogenated alkanes) is 2. The molecule has 23 nitrogen and oxygen atoms in total. The van der Waals surface area contributed by atoms with Gasteiger partial charge in [0.1, 0.15) is 43.1 Å². The third-order valence-electron chi connectivity index (χ3n) is 15.1. The van der Waals surface area contributed by atoms with Crippen LogP contribution < -0.4 is 32.3 Å². The summed E-state index contributed by atoms with van der Waals surface area (Å²) in [5.41, 5.74) is 12.1. The highest BCUT2D eigenvalue weighted by Crippen LogP contribution is 2.52. The lowest BCUT2D eigenvalue weighted by atomic mass is 10.0. The number of likely N-dealkylation sites (tertiary alicyclic amines) is 1. The number of carbonyl (C=O) groups excluding carboxylic acids is 6. The molecular formula is C59H85N11O12. The highest BCUT2D eigenvalue weighted by atomic mass is 16.6. The van der Waals surface area contributed by atoms with Crippen LogP contribution in [0.2, 0.25) is 0 Å². The molecule has 3 saturated heterocycles. The van der Waals surface area contributed by atoms with Crippen molar-refractivity contribution >= 4 is 47.7 Å². The van der Waals surface area contributed by atoms with Crippen LogP contribution in [0.15, 0.2) is 71.2 Å². The highest BCUT2D eigenvalue weighted by Gasteiger charge is 2.53. The molecule has 1 aromatic heterocycles. The molecule has 5 aliphatic heterocycles. The number of aliphatic imine (C=N–C) groups is 1. The Morgan fingerprint density at radius 1 is 0.951 bits per heavy atom. The first-order chi connectivity index (χ1) is 39.5. The number of allylic oxidation sites excluding steroid dienone is 1. The highest BCUT2D eigenvalue weighted by molar-refractivity contribution is 6.12. The standard InChI is InChI=1S/C28H40N6O4.C28H37N5O8.C3H8/c1-16(23-22-26(33-14-31-23)28(22,3)36-13-19-9-10-20(29)38-19)6-4-5-11-30-27-21-24(32-15-34-27)25(21)35-12-18-8-7-17(2)37-18;1-19(30-24(36)16-29-23(35)7-3-2-4-14-33-25(37)12-13-26(33)38)27(39)31-21-10-8-20(9-11-21)18-41-28(40)32-15-5-6-22(32)17-34;1-3-2/h4-5,14-20,25,27,30H,6-13,29H2,1-3H3,(H,32,34);8-13,19,22,34H,2-7,14-18H2,1H3,(H,29,35)(H,30,36)(H,31,39);3H2,1-2H3/b5-4+;;/t16?,17?,18-,19-,20?,25?,27?,28?;;/m0../s1. The summed E-state index contributed by atoms with van der Waals surface area (Å²) in [6.07, 6.45) is 19.9. The topological polar surface area (TPSA) is 300 Å². The minimum absolute atomic E-state index is 0.0268. The van der Waals surface area contributed by atoms with Crippen molar-refractivity contribution in [3.05, 3.63) is 88.7 Å². The van der Waals surface area contributed by atoms with Crippen molar-refractivity contribution in [1.29, 1.82) is 0 Å². The van der Waals surface area contributed by atoms with Crippen molar-refractivity contribution in [2.75, 3.05) is 51.3 Å². The fourth-order valence-corrected chi connectivity index (χ4v) is 10.3. The van der Waals surface area contributed by atoms with Gasteiger partial charge in [0, 0.05) is 60.9 Å². The van der Waals surface area contributed by atoms with Gasteiger partial charge >= 0.3 is 6.09 Å². The van der Waals surface area contributed by atoms with Gasteiger partial charge in [0.15, 0.2) is 0 Å². The number of nitrogens with zero attached hydrogens (tertiary/aromatic N) is 5. The lowest BCUT2D eigenvalue weighted by molar-refractivity contribution is -0.137. The molecule has 23 heteroatoms. The Labute approximate surface area is 481 Å². The summed E-state index contributed by atoms with van der Waals surface area (Å²) < 4.78 is 29.3. The number of aliphatic hydroxyl groups excluding tert-OH is 1. The smallest absolute Gasteiger partial charge is 0.410 e. The number of rotatable bonds is 26. The van der Waals surface area contributed by atoms with Crippen LogP contribution in [0.3, 0.4) is 0 Å². The maximum absolute atomic E-state index is 12.5. The molecule has 2 aromatic rings. The predicted molar refractivity (Wildman–Crippen MR) is 305 cm³/mol. The van der Waals surface area contributed by atoms with Crippen LogP contribution in [0, 0.1) is 0 Å². The summed E-state index contributed by atoms with van der Waals surface area (Å²) in [7, 11) is 0. The molecule has 2 aliphatic carbocycles. The van der Waals surface area contributed by atoms with Gasteiger partial charge in [-0.3, -0.25) is 39.2 Å². The Kier molecular flexibility index (Phi) is 23.6. The van der Waals surface area contributed by atoms with E-state index in [1.807, 2.05) is 0 Å². The molecule has 6 amide bonds. The van der Waals surface area contributed by atoms with E-state index in [-0.39, 0.29) is 86.6 Å². The second kappa shape index (κ2) is 30.7. The summed E-state index contributed by atoms with van der Waals surface area (Å²) >= 11 is 0. The van der Waals surface area contributed by atoms with E-state index in [0.29, 0.717) is 57.4 Å². The van der Waals surface area contributed by atoms with Crippen LogP contribution >= 0.6 is 0 Å². The average molecular weight is 1140 g/mol. The molecule has 0 saturated carbocycles. The minimum atomic E-state index is -0.856. The van der Waals surface area contributed by atoms with Gasteiger partial charge < -0.3 is 60.7 Å². The van der Waals surface area contributed by atoms with Crippen molar-refractivity contribution in [3.63, 3.8) is 0 Å². The van der Waals surface area contributed by atoms with Gasteiger partial charge in [0.25, 0.3) is 11.8 Å². The summed E-state index contributed by atoms with van der Waals surface area (Å²) in [4.78, 5) is 88.2. The van der Waals surface area contributed by atoms with Crippen LogP contribution in [0.1, 0.15) is 147 Å². The number of anilines is 1. The van der Waals surface area contributed by atoms with E-state index in [2.05, 4.69) is 88.3 Å². The van der Waals surface area contributed by atoms with Gasteiger partial charge in [-0.25, -0.2) is 14.8 Å². The SMILES string of the molecule is CC(NC(=O)CNC(=O)CCCCCN1C(=O)C=CC1=O)C(=O)Nc1ccc(COC(=O)N2CCCC2CO)cc1.CC1CC[C@@H](COC2C3=C2C(NC/C=C/CC(C)c2ncnc4c2C4(C)OC[C@@H]2CCC(N)O2)N=CN3)O1.CCC. The number of amides is 6. The first-order valence-electron chi connectivity index (χ1n) is 29.1. The molecule has 10 atom stereocenters. The Bertz CT molecular complexity index is 2630. The fraction of sp³-hybridized carbons (Fsp3) is 0.610. The quantitative estimate of drug-likeness (QED) is 0.0385. The number of aliphatic hydroxyl groups is 1. The molecule has 448 valence electrons. The van der Waals surface area contributed by atoms with Crippen molar-refractivity contribution < 1.29 is 57.6 Å². The molecule has 8 N–H and O–H groups in total.